The number of carbonyl (C=O) groups is 1. The zero-order chi connectivity index (χ0) is 16.3. The highest BCUT2D eigenvalue weighted by atomic mass is 19.1. The summed E-state index contributed by atoms with van der Waals surface area (Å²) in [4.78, 5) is 11.7. The topological polar surface area (TPSA) is 91.0 Å². The van der Waals surface area contributed by atoms with Crippen LogP contribution in [0.5, 0.6) is 0 Å². The predicted molar refractivity (Wildman–Crippen MR) is 76.4 cm³/mol. The molecule has 0 aromatic heterocycles. The maximum absolute atomic E-state index is 13.4. The molecule has 0 heterocycles. The van der Waals surface area contributed by atoms with Crippen molar-refractivity contribution in [2.75, 3.05) is 10.6 Å². The Bertz CT molecular complexity index is 726. The van der Waals surface area contributed by atoms with E-state index in [-0.39, 0.29) is 11.5 Å². The molecule has 114 valence electrons. The SMILES string of the molecule is N=C(N)c1cccc(NC(=O)Nc2c(F)cc(F)cc2F)c1. The highest BCUT2D eigenvalue weighted by Gasteiger charge is 2.14. The first kappa shape index (κ1) is 15.4. The third-order valence-electron chi connectivity index (χ3n) is 2.68. The summed E-state index contributed by atoms with van der Waals surface area (Å²) in [7, 11) is 0. The highest BCUT2D eigenvalue weighted by Crippen LogP contribution is 2.20. The van der Waals surface area contributed by atoms with Crippen LogP contribution in [0, 0.1) is 22.9 Å². The van der Waals surface area contributed by atoms with Gasteiger partial charge in [-0.05, 0) is 12.1 Å². The van der Waals surface area contributed by atoms with Crippen molar-refractivity contribution in [3.63, 3.8) is 0 Å². The fraction of sp³-hybridized carbons (Fsp3) is 0. The number of rotatable bonds is 3. The minimum atomic E-state index is -1.23. The Labute approximate surface area is 123 Å². The van der Waals surface area contributed by atoms with E-state index >= 15 is 0 Å². The fourth-order valence-electron chi connectivity index (χ4n) is 1.70. The summed E-state index contributed by atoms with van der Waals surface area (Å²) in [5, 5.41) is 11.6. The molecule has 5 N–H and O–H groups in total. The summed E-state index contributed by atoms with van der Waals surface area (Å²) in [6, 6.07) is 6.01. The molecular weight excluding hydrogens is 297 g/mol. The van der Waals surface area contributed by atoms with Gasteiger partial charge in [-0.2, -0.15) is 0 Å². The van der Waals surface area contributed by atoms with Crippen molar-refractivity contribution in [1.82, 2.24) is 0 Å². The van der Waals surface area contributed by atoms with E-state index in [9.17, 15) is 18.0 Å². The summed E-state index contributed by atoms with van der Waals surface area (Å²) in [5.74, 6) is -3.75. The van der Waals surface area contributed by atoms with Gasteiger partial charge in [-0.1, -0.05) is 12.1 Å². The summed E-state index contributed by atoms with van der Waals surface area (Å²) in [6.07, 6.45) is 0. The van der Waals surface area contributed by atoms with Crippen molar-refractivity contribution in [3.8, 4) is 0 Å². The Kier molecular flexibility index (Phi) is 4.31. The number of amides is 2. The zero-order valence-electron chi connectivity index (χ0n) is 11.1. The Morgan fingerprint density at radius 1 is 1.05 bits per heavy atom. The van der Waals surface area contributed by atoms with Crippen LogP contribution in [0.4, 0.5) is 29.3 Å². The average molecular weight is 308 g/mol. The number of hydrogen-bond acceptors (Lipinski definition) is 2. The summed E-state index contributed by atoms with van der Waals surface area (Å²) in [5.41, 5.74) is 5.19. The molecule has 0 atom stereocenters. The lowest BCUT2D eigenvalue weighted by atomic mass is 10.2. The van der Waals surface area contributed by atoms with E-state index in [2.05, 4.69) is 5.32 Å². The minimum Gasteiger partial charge on any atom is -0.384 e. The number of hydrogen-bond donors (Lipinski definition) is 4. The molecule has 0 aliphatic heterocycles. The van der Waals surface area contributed by atoms with Crippen LogP contribution in [0.15, 0.2) is 36.4 Å². The van der Waals surface area contributed by atoms with Crippen molar-refractivity contribution in [1.29, 1.82) is 5.41 Å². The predicted octanol–water partition coefficient (Wildman–Crippen LogP) is 3.03. The number of nitrogens with two attached hydrogens (primary N) is 1. The van der Waals surface area contributed by atoms with Gasteiger partial charge in [-0.25, -0.2) is 18.0 Å². The largest absolute Gasteiger partial charge is 0.384 e. The second-order valence-corrected chi connectivity index (χ2v) is 4.32. The van der Waals surface area contributed by atoms with Gasteiger partial charge in [0.2, 0.25) is 0 Å². The van der Waals surface area contributed by atoms with Crippen LogP contribution < -0.4 is 16.4 Å². The smallest absolute Gasteiger partial charge is 0.323 e. The van der Waals surface area contributed by atoms with Gasteiger partial charge in [0, 0.05) is 23.4 Å². The molecule has 2 aromatic carbocycles. The van der Waals surface area contributed by atoms with Crippen LogP contribution in [-0.2, 0) is 0 Å². The molecule has 8 heteroatoms. The summed E-state index contributed by atoms with van der Waals surface area (Å²) >= 11 is 0. The quantitative estimate of drug-likeness (QED) is 0.518. The van der Waals surface area contributed by atoms with Crippen molar-refractivity contribution in [3.05, 3.63) is 59.4 Å². The van der Waals surface area contributed by atoms with Crippen molar-refractivity contribution in [2.24, 2.45) is 5.73 Å². The molecule has 0 aliphatic carbocycles. The molecular formula is C14H11F3N4O. The van der Waals surface area contributed by atoms with Crippen LogP contribution in [0.25, 0.3) is 0 Å². The number of carbonyl (C=O) groups excluding carboxylic acids is 1. The van der Waals surface area contributed by atoms with Crippen molar-refractivity contribution >= 4 is 23.2 Å². The van der Waals surface area contributed by atoms with Gasteiger partial charge in [-0.3, -0.25) is 5.41 Å². The molecule has 0 aliphatic rings. The molecule has 2 aromatic rings. The van der Waals surface area contributed by atoms with Crippen molar-refractivity contribution in [2.45, 2.75) is 0 Å². The van der Waals surface area contributed by atoms with E-state index in [1.165, 1.54) is 12.1 Å². The average Bonchev–Trinajstić information content (AvgIpc) is 2.43. The summed E-state index contributed by atoms with van der Waals surface area (Å²) in [6.45, 7) is 0. The fourth-order valence-corrected chi connectivity index (χ4v) is 1.70. The molecule has 0 radical (unpaired) electrons. The molecule has 0 bridgehead atoms. The van der Waals surface area contributed by atoms with Crippen LogP contribution in [-0.4, -0.2) is 11.9 Å². The molecule has 0 unspecified atom stereocenters. The van der Waals surface area contributed by atoms with Gasteiger partial charge < -0.3 is 16.4 Å². The number of benzene rings is 2. The van der Waals surface area contributed by atoms with Crippen LogP contribution in [0.1, 0.15) is 5.56 Å². The number of anilines is 2. The molecule has 5 nitrogen and oxygen atoms in total. The second kappa shape index (κ2) is 6.17. The number of urea groups is 1. The Hall–Kier alpha value is -3.03. The van der Waals surface area contributed by atoms with Crippen LogP contribution in [0.3, 0.4) is 0 Å². The molecule has 2 rings (SSSR count). The lowest BCUT2D eigenvalue weighted by Crippen LogP contribution is -2.21. The molecule has 0 spiro atoms. The van der Waals surface area contributed by atoms with Crippen LogP contribution in [0.2, 0.25) is 0 Å². The van der Waals surface area contributed by atoms with E-state index in [0.717, 1.165) is 0 Å². The normalized spacial score (nSPS) is 10.1. The Morgan fingerprint density at radius 3 is 2.27 bits per heavy atom. The van der Waals surface area contributed by atoms with Gasteiger partial charge in [0.25, 0.3) is 0 Å². The lowest BCUT2D eigenvalue weighted by molar-refractivity contribution is 0.262. The van der Waals surface area contributed by atoms with Crippen LogP contribution >= 0.6 is 0 Å². The highest BCUT2D eigenvalue weighted by molar-refractivity contribution is 6.01. The first-order valence-corrected chi connectivity index (χ1v) is 6.04. The van der Waals surface area contributed by atoms with E-state index < -0.39 is 29.2 Å². The third-order valence-corrected chi connectivity index (χ3v) is 2.68. The molecule has 0 fully saturated rings. The maximum atomic E-state index is 13.4. The number of nitrogens with one attached hydrogen (secondary N) is 3. The maximum Gasteiger partial charge on any atom is 0.323 e. The molecule has 0 saturated carbocycles. The van der Waals surface area contributed by atoms with Gasteiger partial charge in [0.05, 0.1) is 0 Å². The first-order valence-electron chi connectivity index (χ1n) is 6.04. The molecule has 0 saturated heterocycles. The van der Waals surface area contributed by atoms with E-state index in [4.69, 9.17) is 11.1 Å². The minimum absolute atomic E-state index is 0.195. The standard InChI is InChI=1S/C14H11F3N4O/c15-8-5-10(16)12(11(17)6-8)21-14(22)20-9-3-1-2-7(4-9)13(18)19/h1-6H,(H3,18,19)(H2,20,21,22). The molecule has 2 amide bonds. The zero-order valence-corrected chi connectivity index (χ0v) is 11.1. The Balaban J connectivity index is 2.14. The van der Waals surface area contributed by atoms with Gasteiger partial charge >= 0.3 is 6.03 Å². The van der Waals surface area contributed by atoms with Gasteiger partial charge in [-0.15, -0.1) is 0 Å². The van der Waals surface area contributed by atoms with Gasteiger partial charge in [0.15, 0.2) is 11.6 Å². The van der Waals surface area contributed by atoms with E-state index in [1.54, 1.807) is 12.1 Å². The first-order chi connectivity index (χ1) is 10.4. The number of nitrogen functional groups attached to an aromatic ring is 1. The number of halogens is 3. The lowest BCUT2D eigenvalue weighted by Gasteiger charge is -2.10. The Morgan fingerprint density at radius 2 is 1.68 bits per heavy atom. The van der Waals surface area contributed by atoms with Crippen molar-refractivity contribution < 1.29 is 18.0 Å². The molecule has 22 heavy (non-hydrogen) atoms. The van der Waals surface area contributed by atoms with E-state index in [1.807, 2.05) is 5.32 Å². The summed E-state index contributed by atoms with van der Waals surface area (Å²) < 4.78 is 39.6. The second-order valence-electron chi connectivity index (χ2n) is 4.32. The third kappa shape index (κ3) is 3.54. The van der Waals surface area contributed by atoms with E-state index in [0.29, 0.717) is 17.7 Å². The number of amidine groups is 1. The monoisotopic (exact) mass is 308 g/mol. The van der Waals surface area contributed by atoms with Gasteiger partial charge in [0.1, 0.15) is 17.3 Å².